The number of aromatic nitrogens is 1. The van der Waals surface area contributed by atoms with Gasteiger partial charge in [-0.15, -0.1) is 0 Å². The summed E-state index contributed by atoms with van der Waals surface area (Å²) in [7, 11) is 0. The van der Waals surface area contributed by atoms with Crippen LogP contribution in [0.4, 0.5) is 0 Å². The van der Waals surface area contributed by atoms with Gasteiger partial charge in [0.1, 0.15) is 0 Å². The van der Waals surface area contributed by atoms with Crippen molar-refractivity contribution >= 4 is 16.9 Å². The van der Waals surface area contributed by atoms with Crippen molar-refractivity contribution < 1.29 is 4.79 Å². The number of rotatable bonds is 10. The summed E-state index contributed by atoms with van der Waals surface area (Å²) in [6.45, 7) is 8.50. The first-order valence-corrected chi connectivity index (χ1v) is 10.3. The van der Waals surface area contributed by atoms with Crippen molar-refractivity contribution in [2.24, 2.45) is 5.92 Å². The molecule has 0 saturated heterocycles. The Kier molecular flexibility index (Phi) is 8.87. The Labute approximate surface area is 156 Å². The molecule has 0 radical (unpaired) electrons. The normalized spacial score (nSPS) is 14.9. The molecule has 1 fully saturated rings. The quantitative estimate of drug-likeness (QED) is 0.677. The fourth-order valence-electron chi connectivity index (χ4n) is 3.31. The van der Waals surface area contributed by atoms with Crippen LogP contribution >= 0.6 is 11.8 Å². The van der Waals surface area contributed by atoms with E-state index in [4.69, 9.17) is 0 Å². The molecule has 0 bridgehead atoms. The van der Waals surface area contributed by atoms with Gasteiger partial charge in [-0.1, -0.05) is 50.4 Å². The Balaban J connectivity index is 1.82. The third-order valence-electron chi connectivity index (χ3n) is 4.83. The summed E-state index contributed by atoms with van der Waals surface area (Å²) in [6.07, 6.45) is 11.7. The molecule has 0 aromatic carbocycles. The number of carbonyl (C=O) groups excluding carboxylic acids is 1. The highest BCUT2D eigenvalue weighted by molar-refractivity contribution is 8.13. The average Bonchev–Trinajstić information content (AvgIpc) is 2.64. The van der Waals surface area contributed by atoms with Gasteiger partial charge in [0.2, 0.25) is 0 Å². The first kappa shape index (κ1) is 19.8. The number of hydrogen-bond donors (Lipinski definition) is 1. The maximum absolute atomic E-state index is 11.2. The maximum Gasteiger partial charge on any atom is 0.185 e. The van der Waals surface area contributed by atoms with E-state index in [1.807, 2.05) is 24.5 Å². The molecule has 138 valence electrons. The van der Waals surface area contributed by atoms with Gasteiger partial charge in [0.25, 0.3) is 0 Å². The van der Waals surface area contributed by atoms with Crippen LogP contribution in [0.5, 0.6) is 0 Å². The smallest absolute Gasteiger partial charge is 0.185 e. The first-order valence-electron chi connectivity index (χ1n) is 9.35. The van der Waals surface area contributed by atoms with Gasteiger partial charge < -0.3 is 10.2 Å². The Hall–Kier alpha value is -1.49. The molecule has 1 aromatic heterocycles. The molecule has 4 nitrogen and oxygen atoms in total. The molecule has 1 N–H and O–H groups in total. The van der Waals surface area contributed by atoms with Gasteiger partial charge in [0, 0.05) is 44.7 Å². The molecule has 1 aliphatic carbocycles. The first-order chi connectivity index (χ1) is 12.1. The van der Waals surface area contributed by atoms with Crippen molar-refractivity contribution in [2.75, 3.05) is 18.8 Å². The van der Waals surface area contributed by atoms with Gasteiger partial charge in [0.15, 0.2) is 5.12 Å². The van der Waals surface area contributed by atoms with Crippen LogP contribution in [0.15, 0.2) is 36.9 Å². The SMILES string of the molecule is C=C(NCc1ccncc1)N(CCSC(C)=O)CCC1CCCCC1. The van der Waals surface area contributed by atoms with E-state index in [-0.39, 0.29) is 5.12 Å². The average molecular weight is 362 g/mol. The molecule has 0 unspecified atom stereocenters. The number of thioether (sulfide) groups is 1. The molecule has 1 heterocycles. The van der Waals surface area contributed by atoms with Gasteiger partial charge in [-0.25, -0.2) is 0 Å². The minimum absolute atomic E-state index is 0.183. The second kappa shape index (κ2) is 11.2. The van der Waals surface area contributed by atoms with Gasteiger partial charge >= 0.3 is 0 Å². The van der Waals surface area contributed by atoms with E-state index in [9.17, 15) is 4.79 Å². The maximum atomic E-state index is 11.2. The highest BCUT2D eigenvalue weighted by atomic mass is 32.2. The van der Waals surface area contributed by atoms with Crippen molar-refractivity contribution in [3.05, 3.63) is 42.5 Å². The fourth-order valence-corrected chi connectivity index (χ4v) is 3.91. The predicted molar refractivity (Wildman–Crippen MR) is 106 cm³/mol. The van der Waals surface area contributed by atoms with Crippen molar-refractivity contribution in [3.8, 4) is 0 Å². The van der Waals surface area contributed by atoms with E-state index < -0.39 is 0 Å². The van der Waals surface area contributed by atoms with E-state index >= 15 is 0 Å². The molecule has 0 atom stereocenters. The predicted octanol–water partition coefficient (Wildman–Crippen LogP) is 4.19. The van der Waals surface area contributed by atoms with E-state index in [1.165, 1.54) is 55.9 Å². The molecule has 1 saturated carbocycles. The van der Waals surface area contributed by atoms with Gasteiger partial charge in [0.05, 0.1) is 5.82 Å². The molecular weight excluding hydrogens is 330 g/mol. The van der Waals surface area contributed by atoms with Crippen molar-refractivity contribution in [1.82, 2.24) is 15.2 Å². The molecular formula is C20H31N3OS. The Morgan fingerprint density at radius 3 is 2.68 bits per heavy atom. The summed E-state index contributed by atoms with van der Waals surface area (Å²) in [5.41, 5.74) is 1.20. The van der Waals surface area contributed by atoms with E-state index in [1.54, 1.807) is 6.92 Å². The zero-order chi connectivity index (χ0) is 17.9. The van der Waals surface area contributed by atoms with Crippen molar-refractivity contribution in [1.29, 1.82) is 0 Å². The zero-order valence-electron chi connectivity index (χ0n) is 15.4. The van der Waals surface area contributed by atoms with Crippen LogP contribution in [-0.2, 0) is 11.3 Å². The van der Waals surface area contributed by atoms with E-state index in [2.05, 4.69) is 21.8 Å². The molecule has 1 aliphatic rings. The van der Waals surface area contributed by atoms with Crippen LogP contribution in [0.3, 0.4) is 0 Å². The van der Waals surface area contributed by atoms with Crippen LogP contribution in [-0.4, -0.2) is 33.8 Å². The van der Waals surface area contributed by atoms with Crippen molar-refractivity contribution in [2.45, 2.75) is 52.0 Å². The van der Waals surface area contributed by atoms with Crippen molar-refractivity contribution in [3.63, 3.8) is 0 Å². The Morgan fingerprint density at radius 2 is 2.00 bits per heavy atom. The zero-order valence-corrected chi connectivity index (χ0v) is 16.2. The summed E-state index contributed by atoms with van der Waals surface area (Å²) in [5.74, 6) is 2.62. The lowest BCUT2D eigenvalue weighted by Crippen LogP contribution is -2.34. The van der Waals surface area contributed by atoms with Crippen LogP contribution in [0, 0.1) is 5.92 Å². The van der Waals surface area contributed by atoms with E-state index in [0.29, 0.717) is 0 Å². The Bertz CT molecular complexity index is 529. The second-order valence-electron chi connectivity index (χ2n) is 6.78. The lowest BCUT2D eigenvalue weighted by Gasteiger charge is -2.30. The summed E-state index contributed by atoms with van der Waals surface area (Å²) >= 11 is 1.40. The number of nitrogens with zero attached hydrogens (tertiary/aromatic N) is 2. The highest BCUT2D eigenvalue weighted by Gasteiger charge is 2.16. The summed E-state index contributed by atoms with van der Waals surface area (Å²) in [4.78, 5) is 17.6. The Morgan fingerprint density at radius 1 is 1.28 bits per heavy atom. The summed E-state index contributed by atoms with van der Waals surface area (Å²) < 4.78 is 0. The lowest BCUT2D eigenvalue weighted by molar-refractivity contribution is -0.109. The largest absolute Gasteiger partial charge is 0.368 e. The molecule has 5 heteroatoms. The number of pyridine rings is 1. The number of hydrogen-bond acceptors (Lipinski definition) is 5. The van der Waals surface area contributed by atoms with Crippen LogP contribution in [0.2, 0.25) is 0 Å². The standard InChI is InChI=1S/C20H31N3OS/c1-17(22-16-20-8-11-21-12-9-20)23(14-15-25-18(2)24)13-10-19-6-4-3-5-7-19/h8-9,11-12,19,22H,1,3-7,10,13-16H2,2H3. The van der Waals surface area contributed by atoms with E-state index in [0.717, 1.165) is 37.1 Å². The fraction of sp³-hybridized carbons (Fsp3) is 0.600. The monoisotopic (exact) mass is 361 g/mol. The second-order valence-corrected chi connectivity index (χ2v) is 8.05. The molecule has 2 rings (SSSR count). The molecule has 0 spiro atoms. The third kappa shape index (κ3) is 7.95. The third-order valence-corrected chi connectivity index (χ3v) is 5.62. The van der Waals surface area contributed by atoms with Crippen LogP contribution in [0.25, 0.3) is 0 Å². The topological polar surface area (TPSA) is 45.2 Å². The number of carbonyl (C=O) groups is 1. The summed E-state index contributed by atoms with van der Waals surface area (Å²) in [6, 6.07) is 4.02. The number of nitrogens with one attached hydrogen (secondary N) is 1. The van der Waals surface area contributed by atoms with Gasteiger partial charge in [-0.3, -0.25) is 9.78 Å². The minimum atomic E-state index is 0.183. The molecule has 1 aromatic rings. The molecule has 0 aliphatic heterocycles. The summed E-state index contributed by atoms with van der Waals surface area (Å²) in [5, 5.41) is 3.62. The highest BCUT2D eigenvalue weighted by Crippen LogP contribution is 2.26. The molecule has 0 amide bonds. The van der Waals surface area contributed by atoms with Gasteiger partial charge in [-0.05, 0) is 30.0 Å². The van der Waals surface area contributed by atoms with Gasteiger partial charge in [-0.2, -0.15) is 0 Å². The van der Waals surface area contributed by atoms with Crippen LogP contribution < -0.4 is 5.32 Å². The lowest BCUT2D eigenvalue weighted by atomic mass is 9.87. The molecule has 25 heavy (non-hydrogen) atoms. The minimum Gasteiger partial charge on any atom is -0.368 e. The van der Waals surface area contributed by atoms with Crippen LogP contribution in [0.1, 0.15) is 51.0 Å².